The van der Waals surface area contributed by atoms with Crippen molar-refractivity contribution in [2.45, 2.75) is 33.1 Å². The Morgan fingerprint density at radius 1 is 0.879 bits per heavy atom. The first-order chi connectivity index (χ1) is 16.1. The molecule has 0 aliphatic carbocycles. The monoisotopic (exact) mass is 441 g/mol. The molecule has 4 nitrogen and oxygen atoms in total. The van der Waals surface area contributed by atoms with Gasteiger partial charge in [-0.2, -0.15) is 5.26 Å². The predicted molar refractivity (Wildman–Crippen MR) is 134 cm³/mol. The van der Waals surface area contributed by atoms with Gasteiger partial charge in [0.1, 0.15) is 19.0 Å². The van der Waals surface area contributed by atoms with Crippen molar-refractivity contribution in [3.63, 3.8) is 0 Å². The predicted octanol–water partition coefficient (Wildman–Crippen LogP) is 7.12. The molecule has 0 bridgehead atoms. The maximum absolute atomic E-state index is 9.57. The first-order valence-electron chi connectivity index (χ1n) is 11.4. The van der Waals surface area contributed by atoms with Crippen LogP contribution in [0.1, 0.15) is 49.8 Å². The molecule has 0 amide bonds. The summed E-state index contributed by atoms with van der Waals surface area (Å²) in [5, 5.41) is 9.57. The van der Waals surface area contributed by atoms with Gasteiger partial charge in [-0.1, -0.05) is 62.4 Å². The minimum absolute atomic E-state index is 0.399. The van der Waals surface area contributed by atoms with E-state index >= 15 is 0 Å². The summed E-state index contributed by atoms with van der Waals surface area (Å²) < 4.78 is 17.5. The lowest BCUT2D eigenvalue weighted by Gasteiger charge is -2.14. The summed E-state index contributed by atoms with van der Waals surface area (Å²) >= 11 is 0. The smallest absolute Gasteiger partial charge is 0.161 e. The van der Waals surface area contributed by atoms with Gasteiger partial charge < -0.3 is 14.2 Å². The van der Waals surface area contributed by atoms with Crippen molar-refractivity contribution in [1.82, 2.24) is 0 Å². The fourth-order valence-corrected chi connectivity index (χ4v) is 3.41. The van der Waals surface area contributed by atoms with E-state index in [1.165, 1.54) is 5.56 Å². The second-order valence-corrected chi connectivity index (χ2v) is 7.75. The lowest BCUT2D eigenvalue weighted by Crippen LogP contribution is -2.10. The van der Waals surface area contributed by atoms with Crippen LogP contribution >= 0.6 is 0 Å². The third-order valence-corrected chi connectivity index (χ3v) is 5.45. The third kappa shape index (κ3) is 6.89. The van der Waals surface area contributed by atoms with Crippen LogP contribution in [-0.2, 0) is 0 Å². The van der Waals surface area contributed by atoms with Crippen LogP contribution in [0.15, 0.2) is 72.8 Å². The van der Waals surface area contributed by atoms with Crippen LogP contribution in [0, 0.1) is 11.3 Å². The van der Waals surface area contributed by atoms with Crippen molar-refractivity contribution in [2.24, 2.45) is 0 Å². The Labute approximate surface area is 197 Å². The van der Waals surface area contributed by atoms with Gasteiger partial charge >= 0.3 is 0 Å². The van der Waals surface area contributed by atoms with Crippen LogP contribution in [0.3, 0.4) is 0 Å². The van der Waals surface area contributed by atoms with Crippen molar-refractivity contribution >= 4 is 11.6 Å². The van der Waals surface area contributed by atoms with Crippen molar-refractivity contribution in [1.29, 1.82) is 5.26 Å². The number of nitrogens with zero attached hydrogens (tertiary/aromatic N) is 1. The zero-order valence-corrected chi connectivity index (χ0v) is 19.6. The number of hydrogen-bond acceptors (Lipinski definition) is 4. The standard InChI is InChI=1S/C29H31NO3/c1-4-22(3)24-12-14-27(15-13-24)32-17-18-33-28-16-11-23(20-29(28)31-5-2)19-26(21-30)25-9-7-6-8-10-25/h6-16,19-20,22H,4-5,17-18H2,1-3H3. The summed E-state index contributed by atoms with van der Waals surface area (Å²) in [5.41, 5.74) is 3.68. The first-order valence-corrected chi connectivity index (χ1v) is 11.4. The largest absolute Gasteiger partial charge is 0.490 e. The van der Waals surface area contributed by atoms with E-state index in [-0.39, 0.29) is 0 Å². The molecule has 170 valence electrons. The molecular weight excluding hydrogens is 410 g/mol. The van der Waals surface area contributed by atoms with E-state index in [0.717, 1.165) is 23.3 Å². The van der Waals surface area contributed by atoms with Crippen molar-refractivity contribution in [2.75, 3.05) is 19.8 Å². The zero-order chi connectivity index (χ0) is 23.5. The van der Waals surface area contributed by atoms with E-state index in [4.69, 9.17) is 14.2 Å². The van der Waals surface area contributed by atoms with Gasteiger partial charge in [0.05, 0.1) is 18.2 Å². The van der Waals surface area contributed by atoms with E-state index < -0.39 is 0 Å². The molecule has 1 atom stereocenters. The van der Waals surface area contributed by atoms with Crippen molar-refractivity contribution < 1.29 is 14.2 Å². The average molecular weight is 442 g/mol. The van der Waals surface area contributed by atoms with Crippen LogP contribution in [-0.4, -0.2) is 19.8 Å². The molecule has 0 N–H and O–H groups in total. The number of ether oxygens (including phenoxy) is 3. The van der Waals surface area contributed by atoms with Gasteiger partial charge in [-0.15, -0.1) is 0 Å². The second kappa shape index (κ2) is 12.4. The third-order valence-electron chi connectivity index (χ3n) is 5.45. The molecule has 33 heavy (non-hydrogen) atoms. The Balaban J connectivity index is 1.62. The first kappa shape index (κ1) is 23.9. The Kier molecular flexibility index (Phi) is 8.97. The molecule has 0 spiro atoms. The fraction of sp³-hybridized carbons (Fsp3) is 0.276. The van der Waals surface area contributed by atoms with Gasteiger partial charge in [0, 0.05) is 0 Å². The highest BCUT2D eigenvalue weighted by atomic mass is 16.5. The van der Waals surface area contributed by atoms with Gasteiger partial charge in [0.2, 0.25) is 0 Å². The molecule has 0 saturated carbocycles. The Morgan fingerprint density at radius 2 is 1.61 bits per heavy atom. The lowest BCUT2D eigenvalue weighted by molar-refractivity contribution is 0.208. The molecule has 0 aliphatic heterocycles. The topological polar surface area (TPSA) is 51.5 Å². The molecule has 0 radical (unpaired) electrons. The molecular formula is C29H31NO3. The van der Waals surface area contributed by atoms with E-state index in [9.17, 15) is 5.26 Å². The minimum atomic E-state index is 0.399. The van der Waals surface area contributed by atoms with E-state index in [1.54, 1.807) is 0 Å². The Morgan fingerprint density at radius 3 is 2.27 bits per heavy atom. The van der Waals surface area contributed by atoms with Crippen LogP contribution in [0.4, 0.5) is 0 Å². The van der Waals surface area contributed by atoms with Gasteiger partial charge in [-0.05, 0) is 66.3 Å². The normalized spacial score (nSPS) is 12.0. The van der Waals surface area contributed by atoms with Gasteiger partial charge in [-0.25, -0.2) is 0 Å². The summed E-state index contributed by atoms with van der Waals surface area (Å²) in [6.45, 7) is 7.70. The molecule has 0 aromatic heterocycles. The van der Waals surface area contributed by atoms with E-state index in [2.05, 4.69) is 32.0 Å². The SMILES string of the molecule is CCOc1cc(C=C(C#N)c2ccccc2)ccc1OCCOc1ccc(C(C)CC)cc1. The summed E-state index contributed by atoms with van der Waals surface area (Å²) in [6.07, 6.45) is 2.97. The minimum Gasteiger partial charge on any atom is -0.490 e. The second-order valence-electron chi connectivity index (χ2n) is 7.75. The van der Waals surface area contributed by atoms with Gasteiger partial charge in [0.25, 0.3) is 0 Å². The van der Waals surface area contributed by atoms with Crippen LogP contribution in [0.2, 0.25) is 0 Å². The average Bonchev–Trinajstić information content (AvgIpc) is 2.86. The van der Waals surface area contributed by atoms with Crippen LogP contribution in [0.5, 0.6) is 17.2 Å². The number of hydrogen-bond donors (Lipinski definition) is 0. The van der Waals surface area contributed by atoms with Crippen LogP contribution in [0.25, 0.3) is 11.6 Å². The molecule has 1 unspecified atom stereocenters. The highest BCUT2D eigenvalue weighted by Crippen LogP contribution is 2.30. The zero-order valence-electron chi connectivity index (χ0n) is 19.6. The number of nitriles is 1. The molecule has 3 rings (SSSR count). The van der Waals surface area contributed by atoms with Crippen molar-refractivity contribution in [3.05, 3.63) is 89.5 Å². The summed E-state index contributed by atoms with van der Waals surface area (Å²) in [4.78, 5) is 0. The lowest BCUT2D eigenvalue weighted by atomic mass is 9.99. The van der Waals surface area contributed by atoms with E-state index in [0.29, 0.717) is 42.8 Å². The summed E-state index contributed by atoms with van der Waals surface area (Å²) in [7, 11) is 0. The fourth-order valence-electron chi connectivity index (χ4n) is 3.41. The molecule has 0 fully saturated rings. The number of rotatable bonds is 11. The van der Waals surface area contributed by atoms with Gasteiger partial charge in [-0.3, -0.25) is 0 Å². The molecule has 3 aromatic rings. The van der Waals surface area contributed by atoms with E-state index in [1.807, 2.05) is 73.7 Å². The number of allylic oxidation sites excluding steroid dienone is 1. The number of benzene rings is 3. The maximum atomic E-state index is 9.57. The highest BCUT2D eigenvalue weighted by Gasteiger charge is 2.08. The Hall–Kier alpha value is -3.71. The van der Waals surface area contributed by atoms with Crippen molar-refractivity contribution in [3.8, 4) is 23.3 Å². The van der Waals surface area contributed by atoms with Gasteiger partial charge in [0.15, 0.2) is 11.5 Å². The quantitative estimate of drug-likeness (QED) is 0.181. The molecule has 0 heterocycles. The molecule has 0 aliphatic rings. The summed E-state index contributed by atoms with van der Waals surface area (Å²) in [5.74, 6) is 2.69. The maximum Gasteiger partial charge on any atom is 0.161 e. The van der Waals surface area contributed by atoms with Crippen LogP contribution < -0.4 is 14.2 Å². The molecule has 4 heteroatoms. The molecule has 3 aromatic carbocycles. The summed E-state index contributed by atoms with van der Waals surface area (Å²) in [6, 6.07) is 25.8. The molecule has 0 saturated heterocycles. The highest BCUT2D eigenvalue weighted by molar-refractivity contribution is 5.89. The Bertz CT molecular complexity index is 1080.